The Morgan fingerprint density at radius 1 is 1.21 bits per heavy atom. The number of hydrogen-bond donors (Lipinski definition) is 1. The van der Waals surface area contributed by atoms with Crippen LogP contribution in [0, 0.1) is 11.7 Å². The third kappa shape index (κ3) is 3.68. The molecule has 2 nitrogen and oxygen atoms in total. The molecular formula is C13H15F4NO. The van der Waals surface area contributed by atoms with E-state index in [9.17, 15) is 22.4 Å². The Balaban J connectivity index is 3.06. The van der Waals surface area contributed by atoms with Gasteiger partial charge in [-0.3, -0.25) is 4.79 Å². The van der Waals surface area contributed by atoms with Gasteiger partial charge in [-0.25, -0.2) is 4.39 Å². The van der Waals surface area contributed by atoms with Gasteiger partial charge < -0.3 is 5.32 Å². The van der Waals surface area contributed by atoms with E-state index < -0.39 is 29.0 Å². The second-order valence-corrected chi connectivity index (χ2v) is 4.67. The highest BCUT2D eigenvalue weighted by Gasteiger charge is 2.35. The van der Waals surface area contributed by atoms with E-state index in [2.05, 4.69) is 5.32 Å². The zero-order valence-electron chi connectivity index (χ0n) is 10.8. The Morgan fingerprint density at radius 2 is 1.79 bits per heavy atom. The predicted octanol–water partition coefficient (Wildman–Crippen LogP) is 3.62. The highest BCUT2D eigenvalue weighted by molar-refractivity contribution is 5.94. The summed E-state index contributed by atoms with van der Waals surface area (Å²) in [5.41, 5.74) is -2.03. The largest absolute Gasteiger partial charge is 0.419 e. The molecule has 106 valence electrons. The van der Waals surface area contributed by atoms with Crippen molar-refractivity contribution in [1.82, 2.24) is 5.32 Å². The van der Waals surface area contributed by atoms with Crippen molar-refractivity contribution in [3.05, 3.63) is 35.1 Å². The summed E-state index contributed by atoms with van der Waals surface area (Å²) in [4.78, 5) is 11.7. The monoisotopic (exact) mass is 277 g/mol. The van der Waals surface area contributed by atoms with Crippen molar-refractivity contribution in [1.29, 1.82) is 0 Å². The molecule has 1 aromatic carbocycles. The standard InChI is InChI=1S/C13H15F4NO/c1-7(2)8(3)18-12(19)9-5-4-6-10(11(9)14)13(15,16)17/h4-8H,1-3H3,(H,18,19). The first-order valence-corrected chi connectivity index (χ1v) is 5.81. The molecule has 1 aromatic rings. The lowest BCUT2D eigenvalue weighted by molar-refractivity contribution is -0.140. The summed E-state index contributed by atoms with van der Waals surface area (Å²) in [6.07, 6.45) is -4.82. The van der Waals surface area contributed by atoms with E-state index in [0.717, 1.165) is 12.1 Å². The maximum atomic E-state index is 13.7. The van der Waals surface area contributed by atoms with Crippen molar-refractivity contribution < 1.29 is 22.4 Å². The minimum atomic E-state index is -4.82. The van der Waals surface area contributed by atoms with Crippen LogP contribution in [0.15, 0.2) is 18.2 Å². The third-order valence-electron chi connectivity index (χ3n) is 2.91. The van der Waals surface area contributed by atoms with Crippen molar-refractivity contribution in [3.63, 3.8) is 0 Å². The van der Waals surface area contributed by atoms with Gasteiger partial charge in [0.05, 0.1) is 11.1 Å². The molecule has 0 radical (unpaired) electrons. The molecule has 0 bridgehead atoms. The molecule has 0 saturated heterocycles. The summed E-state index contributed by atoms with van der Waals surface area (Å²) in [7, 11) is 0. The van der Waals surface area contributed by atoms with E-state index in [1.165, 1.54) is 0 Å². The summed E-state index contributed by atoms with van der Waals surface area (Å²) in [6, 6.07) is 2.40. The molecule has 0 heterocycles. The quantitative estimate of drug-likeness (QED) is 0.840. The number of benzene rings is 1. The van der Waals surface area contributed by atoms with Crippen molar-refractivity contribution in [2.24, 2.45) is 5.92 Å². The fraction of sp³-hybridized carbons (Fsp3) is 0.462. The number of carbonyl (C=O) groups excluding carboxylic acids is 1. The van der Waals surface area contributed by atoms with Crippen LogP contribution in [-0.4, -0.2) is 11.9 Å². The smallest absolute Gasteiger partial charge is 0.349 e. The first-order chi connectivity index (χ1) is 8.64. The lowest BCUT2D eigenvalue weighted by Gasteiger charge is -2.18. The number of rotatable bonds is 3. The molecule has 0 aliphatic heterocycles. The minimum absolute atomic E-state index is 0.0952. The van der Waals surface area contributed by atoms with E-state index in [0.29, 0.717) is 6.07 Å². The molecule has 1 rings (SSSR count). The van der Waals surface area contributed by atoms with Crippen LogP contribution in [0.25, 0.3) is 0 Å². The van der Waals surface area contributed by atoms with Gasteiger partial charge in [-0.05, 0) is 25.0 Å². The van der Waals surface area contributed by atoms with Gasteiger partial charge in [0.15, 0.2) is 0 Å². The number of carbonyl (C=O) groups is 1. The van der Waals surface area contributed by atoms with Crippen LogP contribution in [0.5, 0.6) is 0 Å². The Bertz CT molecular complexity index is 468. The van der Waals surface area contributed by atoms with Gasteiger partial charge in [0.25, 0.3) is 5.91 Å². The zero-order valence-corrected chi connectivity index (χ0v) is 10.8. The van der Waals surface area contributed by atoms with Gasteiger partial charge in [-0.15, -0.1) is 0 Å². The van der Waals surface area contributed by atoms with E-state index in [4.69, 9.17) is 0 Å². The molecule has 0 aliphatic carbocycles. The third-order valence-corrected chi connectivity index (χ3v) is 2.91. The molecule has 0 spiro atoms. The second-order valence-electron chi connectivity index (χ2n) is 4.67. The minimum Gasteiger partial charge on any atom is -0.349 e. The first-order valence-electron chi connectivity index (χ1n) is 5.81. The summed E-state index contributed by atoms with van der Waals surface area (Å²) in [6.45, 7) is 5.38. The summed E-state index contributed by atoms with van der Waals surface area (Å²) in [5, 5.41) is 2.47. The molecular weight excluding hydrogens is 262 g/mol. The first kappa shape index (κ1) is 15.5. The Hall–Kier alpha value is -1.59. The SMILES string of the molecule is CC(C)C(C)NC(=O)c1cccc(C(F)(F)F)c1F. The van der Waals surface area contributed by atoms with Gasteiger partial charge in [-0.2, -0.15) is 13.2 Å². The number of halogens is 4. The summed E-state index contributed by atoms with van der Waals surface area (Å²) < 4.78 is 51.2. The van der Waals surface area contributed by atoms with Gasteiger partial charge >= 0.3 is 6.18 Å². The molecule has 1 N–H and O–H groups in total. The van der Waals surface area contributed by atoms with Crippen molar-refractivity contribution in [3.8, 4) is 0 Å². The molecule has 0 saturated carbocycles. The predicted molar refractivity (Wildman–Crippen MR) is 63.2 cm³/mol. The molecule has 0 aromatic heterocycles. The Morgan fingerprint density at radius 3 is 2.26 bits per heavy atom. The van der Waals surface area contributed by atoms with Crippen LogP contribution in [0.4, 0.5) is 17.6 Å². The molecule has 19 heavy (non-hydrogen) atoms. The van der Waals surface area contributed by atoms with Gasteiger partial charge in [0.2, 0.25) is 0 Å². The van der Waals surface area contributed by atoms with E-state index >= 15 is 0 Å². The Kier molecular flexibility index (Phi) is 4.55. The van der Waals surface area contributed by atoms with Crippen LogP contribution < -0.4 is 5.32 Å². The van der Waals surface area contributed by atoms with Crippen LogP contribution in [0.2, 0.25) is 0 Å². The highest BCUT2D eigenvalue weighted by Crippen LogP contribution is 2.32. The molecule has 1 amide bonds. The number of amides is 1. The molecule has 1 atom stereocenters. The summed E-state index contributed by atoms with van der Waals surface area (Å²) >= 11 is 0. The van der Waals surface area contributed by atoms with Crippen molar-refractivity contribution in [2.75, 3.05) is 0 Å². The molecule has 6 heteroatoms. The fourth-order valence-electron chi connectivity index (χ4n) is 1.38. The maximum absolute atomic E-state index is 13.7. The van der Waals surface area contributed by atoms with E-state index in [1.54, 1.807) is 6.92 Å². The van der Waals surface area contributed by atoms with Gasteiger partial charge in [-0.1, -0.05) is 19.9 Å². The van der Waals surface area contributed by atoms with Gasteiger partial charge in [0, 0.05) is 6.04 Å². The van der Waals surface area contributed by atoms with Crippen LogP contribution in [0.1, 0.15) is 36.7 Å². The molecule has 0 aliphatic rings. The number of hydrogen-bond acceptors (Lipinski definition) is 1. The van der Waals surface area contributed by atoms with E-state index in [-0.39, 0.29) is 12.0 Å². The average Bonchev–Trinajstić information content (AvgIpc) is 2.27. The van der Waals surface area contributed by atoms with Crippen molar-refractivity contribution >= 4 is 5.91 Å². The Labute approximate surface area is 108 Å². The van der Waals surface area contributed by atoms with E-state index in [1.807, 2.05) is 13.8 Å². The highest BCUT2D eigenvalue weighted by atomic mass is 19.4. The fourth-order valence-corrected chi connectivity index (χ4v) is 1.38. The lowest BCUT2D eigenvalue weighted by atomic mass is 10.0. The van der Waals surface area contributed by atoms with Crippen LogP contribution in [-0.2, 0) is 6.18 Å². The number of nitrogens with one attached hydrogen (secondary N) is 1. The normalized spacial score (nSPS) is 13.5. The number of alkyl halides is 3. The zero-order chi connectivity index (χ0) is 14.8. The maximum Gasteiger partial charge on any atom is 0.419 e. The molecule has 1 unspecified atom stereocenters. The van der Waals surface area contributed by atoms with Crippen molar-refractivity contribution in [2.45, 2.75) is 33.0 Å². The topological polar surface area (TPSA) is 29.1 Å². The lowest BCUT2D eigenvalue weighted by Crippen LogP contribution is -2.36. The molecule has 0 fully saturated rings. The van der Waals surface area contributed by atoms with Crippen LogP contribution in [0.3, 0.4) is 0 Å². The second kappa shape index (κ2) is 5.59. The summed E-state index contributed by atoms with van der Waals surface area (Å²) in [5.74, 6) is -2.29. The van der Waals surface area contributed by atoms with Gasteiger partial charge in [0.1, 0.15) is 5.82 Å². The average molecular weight is 277 g/mol. The van der Waals surface area contributed by atoms with Crippen LogP contribution >= 0.6 is 0 Å².